The first-order chi connectivity index (χ1) is 11.2. The van der Waals surface area contributed by atoms with Crippen LogP contribution in [0.25, 0.3) is 6.08 Å². The van der Waals surface area contributed by atoms with Crippen LogP contribution in [-0.2, 0) is 6.42 Å². The van der Waals surface area contributed by atoms with Gasteiger partial charge in [-0.2, -0.15) is 0 Å². The average molecular weight is 304 g/mol. The van der Waals surface area contributed by atoms with Crippen LogP contribution in [0.4, 0.5) is 0 Å². The van der Waals surface area contributed by atoms with Crippen molar-refractivity contribution in [2.24, 2.45) is 0 Å². The number of hydrogen-bond acceptors (Lipinski definition) is 3. The molecule has 1 aliphatic heterocycles. The number of aromatic hydroxyl groups is 1. The van der Waals surface area contributed by atoms with Crippen molar-refractivity contribution in [1.29, 1.82) is 0 Å². The predicted octanol–water partition coefficient (Wildman–Crippen LogP) is 3.92. The number of ether oxygens (including phenoxy) is 1. The molecule has 4 rings (SSSR count). The van der Waals surface area contributed by atoms with Gasteiger partial charge in [0.2, 0.25) is 0 Å². The van der Waals surface area contributed by atoms with Gasteiger partial charge in [0, 0.05) is 16.7 Å². The van der Waals surface area contributed by atoms with Crippen LogP contribution in [0.2, 0.25) is 0 Å². The number of carbonyl (C=O) groups excluding carboxylic acids is 1. The highest BCUT2D eigenvalue weighted by molar-refractivity contribution is 6.11. The standard InChI is InChI=1S/C20H16O3/c21-17-7-8-18-14(11-17)5-6-16(20(18)22)10-13-9-15-3-1-2-4-19(15)23-12-13/h1-4,7-11,21H,5-6,12H2. The van der Waals surface area contributed by atoms with Crippen LogP contribution >= 0.6 is 0 Å². The summed E-state index contributed by atoms with van der Waals surface area (Å²) in [4.78, 5) is 12.6. The number of ketones is 1. The van der Waals surface area contributed by atoms with Gasteiger partial charge in [-0.25, -0.2) is 0 Å². The Morgan fingerprint density at radius 2 is 1.96 bits per heavy atom. The smallest absolute Gasteiger partial charge is 0.189 e. The quantitative estimate of drug-likeness (QED) is 0.812. The Balaban J connectivity index is 1.67. The van der Waals surface area contributed by atoms with Gasteiger partial charge in [0.05, 0.1) is 0 Å². The maximum absolute atomic E-state index is 12.6. The summed E-state index contributed by atoms with van der Waals surface area (Å²) >= 11 is 0. The summed E-state index contributed by atoms with van der Waals surface area (Å²) in [5, 5.41) is 9.54. The minimum atomic E-state index is 0.0472. The predicted molar refractivity (Wildman–Crippen MR) is 88.8 cm³/mol. The van der Waals surface area contributed by atoms with E-state index >= 15 is 0 Å². The summed E-state index contributed by atoms with van der Waals surface area (Å²) in [6.45, 7) is 0.482. The molecule has 3 heteroatoms. The zero-order valence-corrected chi connectivity index (χ0v) is 12.6. The number of hydrogen-bond donors (Lipinski definition) is 1. The van der Waals surface area contributed by atoms with Gasteiger partial charge in [-0.05, 0) is 60.4 Å². The number of rotatable bonds is 1. The molecule has 23 heavy (non-hydrogen) atoms. The van der Waals surface area contributed by atoms with Gasteiger partial charge in [-0.1, -0.05) is 18.2 Å². The fourth-order valence-electron chi connectivity index (χ4n) is 3.14. The third-order valence-electron chi connectivity index (χ3n) is 4.30. The van der Waals surface area contributed by atoms with E-state index in [1.165, 1.54) is 0 Å². The number of carbonyl (C=O) groups is 1. The van der Waals surface area contributed by atoms with Gasteiger partial charge < -0.3 is 9.84 Å². The fourth-order valence-corrected chi connectivity index (χ4v) is 3.14. The van der Waals surface area contributed by atoms with Crippen molar-refractivity contribution >= 4 is 11.9 Å². The van der Waals surface area contributed by atoms with Crippen molar-refractivity contribution < 1.29 is 14.6 Å². The number of allylic oxidation sites excluding steroid dienone is 1. The highest BCUT2D eigenvalue weighted by atomic mass is 16.5. The highest BCUT2D eigenvalue weighted by Gasteiger charge is 2.22. The summed E-state index contributed by atoms with van der Waals surface area (Å²) in [7, 11) is 0. The Kier molecular flexibility index (Phi) is 3.27. The second-order valence-electron chi connectivity index (χ2n) is 5.89. The number of phenolic OH excluding ortho intramolecular Hbond substituents is 1. The average Bonchev–Trinajstić information content (AvgIpc) is 2.57. The second-order valence-corrected chi connectivity index (χ2v) is 5.89. The molecule has 0 saturated carbocycles. The SMILES string of the molecule is O=C1C(=CC2=Cc3ccccc3OC2)CCc2cc(O)ccc21. The molecular formula is C20H16O3. The Morgan fingerprint density at radius 1 is 1.09 bits per heavy atom. The lowest BCUT2D eigenvalue weighted by Crippen LogP contribution is -2.15. The molecule has 2 aromatic rings. The second kappa shape index (κ2) is 5.43. The molecule has 0 bridgehead atoms. The Morgan fingerprint density at radius 3 is 2.87 bits per heavy atom. The molecule has 0 atom stereocenters. The minimum Gasteiger partial charge on any atom is -0.508 e. The van der Waals surface area contributed by atoms with Crippen LogP contribution in [0.15, 0.2) is 59.7 Å². The lowest BCUT2D eigenvalue weighted by Gasteiger charge is -2.20. The third kappa shape index (κ3) is 2.55. The number of fused-ring (bicyclic) bond motifs is 2. The summed E-state index contributed by atoms with van der Waals surface area (Å²) in [6, 6.07) is 12.8. The fraction of sp³-hybridized carbons (Fsp3) is 0.150. The van der Waals surface area contributed by atoms with Gasteiger partial charge in [-0.15, -0.1) is 0 Å². The monoisotopic (exact) mass is 304 g/mol. The van der Waals surface area contributed by atoms with E-state index < -0.39 is 0 Å². The normalized spacial score (nSPS) is 18.0. The van der Waals surface area contributed by atoms with Crippen molar-refractivity contribution in [3.63, 3.8) is 0 Å². The molecular weight excluding hydrogens is 288 g/mol. The van der Waals surface area contributed by atoms with E-state index in [0.29, 0.717) is 18.6 Å². The van der Waals surface area contributed by atoms with E-state index in [2.05, 4.69) is 6.08 Å². The zero-order valence-electron chi connectivity index (χ0n) is 12.6. The number of para-hydroxylation sites is 1. The maximum Gasteiger partial charge on any atom is 0.189 e. The Hall–Kier alpha value is -2.81. The van der Waals surface area contributed by atoms with Crippen LogP contribution in [0.5, 0.6) is 11.5 Å². The van der Waals surface area contributed by atoms with Crippen molar-refractivity contribution in [1.82, 2.24) is 0 Å². The van der Waals surface area contributed by atoms with Crippen LogP contribution in [0, 0.1) is 0 Å². The molecule has 1 aliphatic carbocycles. The molecule has 1 heterocycles. The summed E-state index contributed by atoms with van der Waals surface area (Å²) in [5.74, 6) is 1.14. The van der Waals surface area contributed by atoms with Crippen molar-refractivity contribution in [3.8, 4) is 11.5 Å². The van der Waals surface area contributed by atoms with Gasteiger partial charge in [0.1, 0.15) is 18.1 Å². The number of Topliss-reactive ketones (excluding diaryl/α,β-unsaturated/α-hetero) is 1. The van der Waals surface area contributed by atoms with E-state index in [1.54, 1.807) is 18.2 Å². The molecule has 2 aromatic carbocycles. The molecule has 0 spiro atoms. The van der Waals surface area contributed by atoms with E-state index in [-0.39, 0.29) is 11.5 Å². The molecule has 0 unspecified atom stereocenters. The van der Waals surface area contributed by atoms with Crippen molar-refractivity contribution in [3.05, 3.63) is 76.4 Å². The topological polar surface area (TPSA) is 46.5 Å². The first-order valence-corrected chi connectivity index (χ1v) is 7.70. The van der Waals surface area contributed by atoms with Gasteiger partial charge in [-0.3, -0.25) is 4.79 Å². The van der Waals surface area contributed by atoms with E-state index in [1.807, 2.05) is 30.3 Å². The van der Waals surface area contributed by atoms with Crippen LogP contribution < -0.4 is 4.74 Å². The van der Waals surface area contributed by atoms with Gasteiger partial charge in [0.25, 0.3) is 0 Å². The molecule has 0 aromatic heterocycles. The first kappa shape index (κ1) is 13.8. The zero-order chi connectivity index (χ0) is 15.8. The lowest BCUT2D eigenvalue weighted by atomic mass is 9.85. The first-order valence-electron chi connectivity index (χ1n) is 7.70. The Bertz CT molecular complexity index is 859. The van der Waals surface area contributed by atoms with E-state index in [4.69, 9.17) is 4.74 Å². The molecule has 1 N–H and O–H groups in total. The van der Waals surface area contributed by atoms with Gasteiger partial charge in [0.15, 0.2) is 5.78 Å². The molecule has 0 radical (unpaired) electrons. The largest absolute Gasteiger partial charge is 0.508 e. The molecule has 0 amide bonds. The minimum absolute atomic E-state index is 0.0472. The summed E-state index contributed by atoms with van der Waals surface area (Å²) < 4.78 is 5.74. The third-order valence-corrected chi connectivity index (χ3v) is 4.30. The summed E-state index contributed by atoms with van der Waals surface area (Å²) in [5.41, 5.74) is 4.47. The van der Waals surface area contributed by atoms with Crippen LogP contribution in [-0.4, -0.2) is 17.5 Å². The number of benzene rings is 2. The van der Waals surface area contributed by atoms with E-state index in [9.17, 15) is 9.90 Å². The highest BCUT2D eigenvalue weighted by Crippen LogP contribution is 2.31. The van der Waals surface area contributed by atoms with Crippen LogP contribution in [0.3, 0.4) is 0 Å². The molecule has 114 valence electrons. The molecule has 2 aliphatic rings. The van der Waals surface area contributed by atoms with E-state index in [0.717, 1.165) is 34.4 Å². The van der Waals surface area contributed by atoms with Gasteiger partial charge >= 0.3 is 0 Å². The number of aryl methyl sites for hydroxylation is 1. The lowest BCUT2D eigenvalue weighted by molar-refractivity contribution is 0.102. The summed E-state index contributed by atoms with van der Waals surface area (Å²) in [6.07, 6.45) is 5.49. The maximum atomic E-state index is 12.6. The Labute approximate surface area is 134 Å². The van der Waals surface area contributed by atoms with Crippen molar-refractivity contribution in [2.45, 2.75) is 12.8 Å². The number of phenols is 1. The molecule has 0 fully saturated rings. The van der Waals surface area contributed by atoms with Crippen molar-refractivity contribution in [2.75, 3.05) is 6.61 Å². The molecule has 0 saturated heterocycles. The molecule has 3 nitrogen and oxygen atoms in total. The van der Waals surface area contributed by atoms with Crippen LogP contribution in [0.1, 0.15) is 27.9 Å².